The van der Waals surface area contributed by atoms with Gasteiger partial charge in [-0.3, -0.25) is 9.20 Å². The molecule has 0 bridgehead atoms. The quantitative estimate of drug-likeness (QED) is 0.135. The molecule has 1 saturated heterocycles. The number of amides is 2. The number of fused-ring (bicyclic) bond motifs is 1. The van der Waals surface area contributed by atoms with Crippen LogP contribution in [0.4, 0.5) is 25.1 Å². The normalized spacial score (nSPS) is 13.5. The van der Waals surface area contributed by atoms with E-state index >= 15 is 8.78 Å². The van der Waals surface area contributed by atoms with Gasteiger partial charge in [0.25, 0.3) is 5.91 Å². The average molecular weight is 764 g/mol. The molecule has 13 nitrogen and oxygen atoms in total. The number of aromatic nitrogens is 6. The molecule has 15 heteroatoms. The summed E-state index contributed by atoms with van der Waals surface area (Å²) in [5, 5.41) is 14.2. The maximum atomic E-state index is 15.7. The van der Waals surface area contributed by atoms with Gasteiger partial charge in [-0.1, -0.05) is 42.5 Å². The lowest BCUT2D eigenvalue weighted by atomic mass is 9.96. The van der Waals surface area contributed by atoms with E-state index in [1.165, 1.54) is 35.4 Å². The maximum absolute atomic E-state index is 15.7. The minimum Gasteiger partial charge on any atom is -0.444 e. The number of ether oxygens (including phenoxy) is 2. The molecule has 290 valence electrons. The second-order valence-electron chi connectivity index (χ2n) is 14.6. The van der Waals surface area contributed by atoms with Crippen LogP contribution in [0.5, 0.6) is 11.6 Å². The molecule has 3 aromatic carbocycles. The summed E-state index contributed by atoms with van der Waals surface area (Å²) in [6.07, 6.45) is 7.80. The molecule has 0 saturated carbocycles. The molecule has 1 aliphatic heterocycles. The van der Waals surface area contributed by atoms with Crippen molar-refractivity contribution < 1.29 is 27.8 Å². The molecule has 1 fully saturated rings. The highest BCUT2D eigenvalue weighted by Gasteiger charge is 2.27. The number of carbonyl (C=O) groups excluding carboxylic acids is 2. The number of halogens is 2. The van der Waals surface area contributed by atoms with Gasteiger partial charge in [-0.05, 0) is 87.4 Å². The van der Waals surface area contributed by atoms with Crippen molar-refractivity contribution in [2.75, 3.05) is 25.0 Å². The third-order valence-electron chi connectivity index (χ3n) is 9.53. The van der Waals surface area contributed by atoms with Crippen molar-refractivity contribution in [1.82, 2.24) is 39.6 Å². The highest BCUT2D eigenvalue weighted by molar-refractivity contribution is 5.96. The molecule has 3 aromatic heterocycles. The average Bonchev–Trinajstić information content (AvgIpc) is 3.83. The monoisotopic (exact) mass is 763 g/mol. The van der Waals surface area contributed by atoms with E-state index in [0.29, 0.717) is 61.0 Å². The first-order valence-electron chi connectivity index (χ1n) is 18.5. The van der Waals surface area contributed by atoms with E-state index in [2.05, 4.69) is 30.9 Å². The first kappa shape index (κ1) is 37.9. The van der Waals surface area contributed by atoms with Crippen LogP contribution in [0, 0.1) is 17.6 Å². The Balaban J connectivity index is 1.01. The predicted octanol–water partition coefficient (Wildman–Crippen LogP) is 7.79. The number of aryl methyl sites for hydroxylation is 1. The molecule has 7 rings (SSSR count). The summed E-state index contributed by atoms with van der Waals surface area (Å²) in [5.74, 6) is -1.96. The van der Waals surface area contributed by atoms with Crippen LogP contribution in [0.2, 0.25) is 0 Å². The second-order valence-corrected chi connectivity index (χ2v) is 14.6. The number of nitrogens with one attached hydrogen (secondary N) is 2. The lowest BCUT2D eigenvalue weighted by Gasteiger charge is -2.33. The molecule has 0 atom stereocenters. The number of benzene rings is 3. The Hall–Kier alpha value is -6.38. The molecule has 2 N–H and O–H groups in total. The van der Waals surface area contributed by atoms with Crippen LogP contribution in [-0.2, 0) is 17.7 Å². The Morgan fingerprint density at radius 3 is 2.50 bits per heavy atom. The molecule has 4 heterocycles. The van der Waals surface area contributed by atoms with E-state index in [9.17, 15) is 9.59 Å². The van der Waals surface area contributed by atoms with E-state index in [-0.39, 0.29) is 35.1 Å². The number of carbonyl (C=O) groups is 2. The molecule has 0 unspecified atom stereocenters. The largest absolute Gasteiger partial charge is 0.444 e. The summed E-state index contributed by atoms with van der Waals surface area (Å²) < 4.78 is 45.5. The third kappa shape index (κ3) is 8.46. The van der Waals surface area contributed by atoms with Crippen molar-refractivity contribution in [1.29, 1.82) is 0 Å². The van der Waals surface area contributed by atoms with E-state index in [0.717, 1.165) is 24.0 Å². The van der Waals surface area contributed by atoms with Gasteiger partial charge in [0.1, 0.15) is 11.8 Å². The van der Waals surface area contributed by atoms with Crippen LogP contribution in [0.25, 0.3) is 16.9 Å². The van der Waals surface area contributed by atoms with E-state index < -0.39 is 17.2 Å². The Morgan fingerprint density at radius 2 is 1.75 bits per heavy atom. The van der Waals surface area contributed by atoms with Crippen molar-refractivity contribution >= 4 is 29.2 Å². The van der Waals surface area contributed by atoms with Gasteiger partial charge in [0.05, 0.1) is 18.4 Å². The van der Waals surface area contributed by atoms with E-state index in [1.54, 1.807) is 27.6 Å². The Kier molecular flexibility index (Phi) is 10.9. The number of hydrogen-bond donors (Lipinski definition) is 2. The summed E-state index contributed by atoms with van der Waals surface area (Å²) in [5.41, 5.74) is 3.15. The molecule has 0 aliphatic carbocycles. The second kappa shape index (κ2) is 16.2. The van der Waals surface area contributed by atoms with Crippen LogP contribution in [0.3, 0.4) is 0 Å². The van der Waals surface area contributed by atoms with E-state index in [1.807, 2.05) is 64.1 Å². The van der Waals surface area contributed by atoms with Crippen molar-refractivity contribution in [3.8, 4) is 22.9 Å². The fourth-order valence-corrected chi connectivity index (χ4v) is 6.62. The van der Waals surface area contributed by atoms with Crippen LogP contribution in [0.1, 0.15) is 62.0 Å². The van der Waals surface area contributed by atoms with Crippen molar-refractivity contribution in [3.05, 3.63) is 114 Å². The maximum Gasteiger partial charge on any atom is 0.410 e. The standard InChI is InChI=1S/C41H43F2N9O4/c1-5-28-21-29(11-12-30(28)39(53)46-22-26-15-18-50(19-16-26)40(54)56-41(2,3)4)48-37-38-45-23-32(51(38)20-17-44-37)31-13-14-33(36(43)35(31)42)55-34-24-47-49-52(34)25-27-9-7-6-8-10-27/h6-14,17,20-21,23-24,26H,5,15-16,18-19,22,25H2,1-4H3,(H,44,48)(H,46,53). The smallest absolute Gasteiger partial charge is 0.410 e. The number of rotatable bonds is 11. The first-order chi connectivity index (χ1) is 27.0. The van der Waals surface area contributed by atoms with Gasteiger partial charge in [0.2, 0.25) is 11.7 Å². The minimum atomic E-state index is -1.17. The van der Waals surface area contributed by atoms with Crippen LogP contribution in [-0.4, -0.2) is 71.5 Å². The topological polar surface area (TPSA) is 141 Å². The van der Waals surface area contributed by atoms with Crippen LogP contribution < -0.4 is 15.4 Å². The van der Waals surface area contributed by atoms with Gasteiger partial charge >= 0.3 is 6.09 Å². The Morgan fingerprint density at radius 1 is 0.964 bits per heavy atom. The van der Waals surface area contributed by atoms with Gasteiger partial charge in [-0.2, -0.15) is 4.39 Å². The molecule has 2 amide bonds. The number of likely N-dealkylation sites (tertiary alicyclic amines) is 1. The van der Waals surface area contributed by atoms with Crippen molar-refractivity contribution in [2.45, 2.75) is 59.1 Å². The lowest BCUT2D eigenvalue weighted by molar-refractivity contribution is 0.0183. The summed E-state index contributed by atoms with van der Waals surface area (Å²) in [4.78, 5) is 36.4. The SMILES string of the molecule is CCc1cc(Nc2nccn3c(-c4ccc(Oc5cnnn5Cc5ccccc5)c(F)c4F)cnc23)ccc1C(=O)NCC1CCN(C(=O)OC(C)(C)C)CC1. The molecular weight excluding hydrogens is 721 g/mol. The zero-order chi connectivity index (χ0) is 39.4. The summed E-state index contributed by atoms with van der Waals surface area (Å²) >= 11 is 0. The van der Waals surface area contributed by atoms with Gasteiger partial charge in [-0.25, -0.2) is 23.8 Å². The van der Waals surface area contributed by atoms with Crippen molar-refractivity contribution in [2.24, 2.45) is 5.92 Å². The summed E-state index contributed by atoms with van der Waals surface area (Å²) in [7, 11) is 0. The number of piperidine rings is 1. The summed E-state index contributed by atoms with van der Waals surface area (Å²) in [6, 6.07) is 17.7. The van der Waals surface area contributed by atoms with E-state index in [4.69, 9.17) is 9.47 Å². The highest BCUT2D eigenvalue weighted by atomic mass is 19.2. The molecule has 56 heavy (non-hydrogen) atoms. The van der Waals surface area contributed by atoms with Crippen LogP contribution in [0.15, 0.2) is 85.5 Å². The lowest BCUT2D eigenvalue weighted by Crippen LogP contribution is -2.43. The number of imidazole rings is 1. The third-order valence-corrected chi connectivity index (χ3v) is 9.53. The first-order valence-corrected chi connectivity index (χ1v) is 18.5. The minimum absolute atomic E-state index is 0.0207. The van der Waals surface area contributed by atoms with Gasteiger partial charge in [0, 0.05) is 48.8 Å². The van der Waals surface area contributed by atoms with Gasteiger partial charge < -0.3 is 25.0 Å². The Labute approximate surface area is 322 Å². The van der Waals surface area contributed by atoms with Gasteiger partial charge in [-0.15, -0.1) is 5.10 Å². The Bertz CT molecular complexity index is 2350. The molecule has 0 spiro atoms. The fraction of sp³-hybridized carbons (Fsp3) is 0.317. The fourth-order valence-electron chi connectivity index (χ4n) is 6.62. The van der Waals surface area contributed by atoms with Gasteiger partial charge in [0.15, 0.2) is 23.0 Å². The molecule has 6 aromatic rings. The number of hydrogen-bond acceptors (Lipinski definition) is 9. The zero-order valence-electron chi connectivity index (χ0n) is 31.6. The molecule has 1 aliphatic rings. The predicted molar refractivity (Wildman–Crippen MR) is 206 cm³/mol. The zero-order valence-corrected chi connectivity index (χ0v) is 31.6. The number of anilines is 2. The summed E-state index contributed by atoms with van der Waals surface area (Å²) in [6.45, 7) is 9.55. The number of nitrogens with zero attached hydrogens (tertiary/aromatic N) is 7. The van der Waals surface area contributed by atoms with Crippen molar-refractivity contribution in [3.63, 3.8) is 0 Å². The highest BCUT2D eigenvalue weighted by Crippen LogP contribution is 2.34. The molecular formula is C41H43F2N9O4. The van der Waals surface area contributed by atoms with Crippen LogP contribution >= 0.6 is 0 Å². The molecule has 0 radical (unpaired) electrons.